The van der Waals surface area contributed by atoms with Crippen molar-refractivity contribution in [2.24, 2.45) is 29.1 Å². The third kappa shape index (κ3) is 4.37. The van der Waals surface area contributed by atoms with Gasteiger partial charge in [-0.25, -0.2) is 0 Å². The summed E-state index contributed by atoms with van der Waals surface area (Å²) in [5.41, 5.74) is -0.276. The first-order valence-corrected chi connectivity index (χ1v) is 12.4. The molecule has 1 unspecified atom stereocenters. The summed E-state index contributed by atoms with van der Waals surface area (Å²) >= 11 is 0. The number of benzene rings is 1. The number of fused-ring (bicyclic) bond motifs is 1. The molecular weight excluding hydrogens is 432 g/mol. The Balaban J connectivity index is 2.23. The number of phenolic OH excluding ortho intramolecular Hbond substituents is 3. The van der Waals surface area contributed by atoms with Crippen molar-refractivity contribution in [1.29, 1.82) is 0 Å². The van der Waals surface area contributed by atoms with Gasteiger partial charge in [0.2, 0.25) is 0 Å². The van der Waals surface area contributed by atoms with Gasteiger partial charge in [0.05, 0.1) is 16.7 Å². The maximum atomic E-state index is 11.7. The van der Waals surface area contributed by atoms with Gasteiger partial charge in [0.15, 0.2) is 12.6 Å². The predicted octanol–water partition coefficient (Wildman–Crippen LogP) is 5.72. The molecule has 6 nitrogen and oxygen atoms in total. The van der Waals surface area contributed by atoms with Crippen LogP contribution in [0.2, 0.25) is 0 Å². The molecule has 3 rings (SSSR count). The zero-order chi connectivity index (χ0) is 25.6. The van der Waals surface area contributed by atoms with Crippen LogP contribution in [-0.2, 0) is 0 Å². The molecule has 0 saturated heterocycles. The fraction of sp³-hybridized carbons (Fsp3) is 0.643. The van der Waals surface area contributed by atoms with E-state index < -0.39 is 22.8 Å². The van der Waals surface area contributed by atoms with E-state index in [0.717, 1.165) is 25.7 Å². The first-order chi connectivity index (χ1) is 15.8. The lowest BCUT2D eigenvalue weighted by Gasteiger charge is -2.53. The Kier molecular flexibility index (Phi) is 7.24. The minimum atomic E-state index is -0.816. The number of carbonyl (C=O) groups is 2. The van der Waals surface area contributed by atoms with E-state index in [2.05, 4.69) is 33.8 Å². The van der Waals surface area contributed by atoms with Crippen LogP contribution in [0.1, 0.15) is 106 Å². The van der Waals surface area contributed by atoms with E-state index in [4.69, 9.17) is 0 Å². The van der Waals surface area contributed by atoms with E-state index in [-0.39, 0.29) is 45.8 Å². The molecule has 0 amide bonds. The second kappa shape index (κ2) is 9.37. The van der Waals surface area contributed by atoms with Crippen molar-refractivity contribution in [1.82, 2.24) is 0 Å². The normalized spacial score (nSPS) is 28.2. The largest absolute Gasteiger partial charge is 0.507 e. The molecule has 0 radical (unpaired) electrons. The molecule has 0 spiro atoms. The SMILES string of the molecule is CC(C)C[C@@H](c1c(O)c(C=O)c(O)c(C=O)c1O)C1CC[C@@H](C)C2=C[C@@H](C(C)(C)O)CC[C@@]21C. The zero-order valence-corrected chi connectivity index (χ0v) is 21.3. The fourth-order valence-electron chi connectivity index (χ4n) is 6.66. The topological polar surface area (TPSA) is 115 Å². The molecule has 5 atom stereocenters. The molecular formula is C28H40O6. The second-order valence-electron chi connectivity index (χ2n) is 11.7. The highest BCUT2D eigenvalue weighted by Gasteiger charge is 2.50. The number of hydrogen-bond donors (Lipinski definition) is 4. The highest BCUT2D eigenvalue weighted by molar-refractivity contribution is 5.95. The average Bonchev–Trinajstić information content (AvgIpc) is 2.72. The Morgan fingerprint density at radius 3 is 2.06 bits per heavy atom. The van der Waals surface area contributed by atoms with Crippen molar-refractivity contribution >= 4 is 12.6 Å². The molecule has 1 saturated carbocycles. The Morgan fingerprint density at radius 1 is 1.03 bits per heavy atom. The van der Waals surface area contributed by atoms with Crippen molar-refractivity contribution in [2.45, 2.75) is 85.2 Å². The van der Waals surface area contributed by atoms with Gasteiger partial charge >= 0.3 is 0 Å². The number of aliphatic hydroxyl groups is 1. The summed E-state index contributed by atoms with van der Waals surface area (Å²) in [4.78, 5) is 23.4. The van der Waals surface area contributed by atoms with Gasteiger partial charge in [-0.1, -0.05) is 39.3 Å². The molecule has 2 aliphatic carbocycles. The molecule has 1 aromatic rings. The van der Waals surface area contributed by atoms with E-state index in [0.29, 0.717) is 24.9 Å². The van der Waals surface area contributed by atoms with Gasteiger partial charge in [-0.05, 0) is 75.0 Å². The summed E-state index contributed by atoms with van der Waals surface area (Å²) in [5.74, 6) is -1.23. The number of hydrogen-bond acceptors (Lipinski definition) is 6. The fourth-order valence-corrected chi connectivity index (χ4v) is 6.66. The molecule has 0 aliphatic heterocycles. The molecule has 0 heterocycles. The lowest BCUT2D eigenvalue weighted by Crippen LogP contribution is -2.45. The molecule has 188 valence electrons. The van der Waals surface area contributed by atoms with Crippen molar-refractivity contribution in [3.05, 3.63) is 28.3 Å². The van der Waals surface area contributed by atoms with Crippen LogP contribution >= 0.6 is 0 Å². The number of allylic oxidation sites excluding steroid dienone is 1. The maximum absolute atomic E-state index is 11.7. The van der Waals surface area contributed by atoms with Gasteiger partial charge in [0.1, 0.15) is 17.2 Å². The monoisotopic (exact) mass is 472 g/mol. The molecule has 1 aromatic carbocycles. The predicted molar refractivity (Wildman–Crippen MR) is 132 cm³/mol. The van der Waals surface area contributed by atoms with Gasteiger partial charge in [-0.3, -0.25) is 9.59 Å². The van der Waals surface area contributed by atoms with Crippen LogP contribution in [-0.4, -0.2) is 38.6 Å². The molecule has 34 heavy (non-hydrogen) atoms. The average molecular weight is 473 g/mol. The third-order valence-corrected chi connectivity index (χ3v) is 8.53. The number of aromatic hydroxyl groups is 3. The number of aldehydes is 2. The van der Waals surface area contributed by atoms with Crippen LogP contribution in [0.15, 0.2) is 11.6 Å². The summed E-state index contributed by atoms with van der Waals surface area (Å²) in [7, 11) is 0. The first-order valence-electron chi connectivity index (χ1n) is 12.4. The summed E-state index contributed by atoms with van der Waals surface area (Å²) in [5, 5.41) is 43.1. The van der Waals surface area contributed by atoms with Gasteiger partial charge in [0, 0.05) is 11.5 Å². The van der Waals surface area contributed by atoms with Crippen LogP contribution in [0, 0.1) is 29.1 Å². The minimum Gasteiger partial charge on any atom is -0.507 e. The van der Waals surface area contributed by atoms with Crippen LogP contribution < -0.4 is 0 Å². The number of carbonyl (C=O) groups excluding carboxylic acids is 2. The minimum absolute atomic E-state index is 0.0421. The Morgan fingerprint density at radius 2 is 1.59 bits per heavy atom. The lowest BCUT2D eigenvalue weighted by molar-refractivity contribution is 0.00965. The van der Waals surface area contributed by atoms with Gasteiger partial charge < -0.3 is 20.4 Å². The van der Waals surface area contributed by atoms with Gasteiger partial charge in [-0.15, -0.1) is 0 Å². The molecule has 0 aromatic heterocycles. The summed E-state index contributed by atoms with van der Waals surface area (Å²) < 4.78 is 0. The van der Waals surface area contributed by atoms with E-state index in [1.807, 2.05) is 13.8 Å². The third-order valence-electron chi connectivity index (χ3n) is 8.53. The molecule has 4 N–H and O–H groups in total. The maximum Gasteiger partial charge on any atom is 0.157 e. The molecule has 0 bridgehead atoms. The van der Waals surface area contributed by atoms with Crippen molar-refractivity contribution in [2.75, 3.05) is 0 Å². The number of phenols is 3. The van der Waals surface area contributed by atoms with Crippen molar-refractivity contribution in [3.8, 4) is 17.2 Å². The first kappa shape index (κ1) is 26.3. The summed E-state index contributed by atoms with van der Waals surface area (Å²) in [6, 6.07) is 0. The summed E-state index contributed by atoms with van der Waals surface area (Å²) in [6.07, 6.45) is 7.03. The Bertz CT molecular complexity index is 951. The highest BCUT2D eigenvalue weighted by Crippen LogP contribution is 2.61. The van der Waals surface area contributed by atoms with Crippen LogP contribution in [0.4, 0.5) is 0 Å². The van der Waals surface area contributed by atoms with Gasteiger partial charge in [0.25, 0.3) is 0 Å². The van der Waals surface area contributed by atoms with E-state index in [1.54, 1.807) is 0 Å². The Hall–Kier alpha value is -2.34. The van der Waals surface area contributed by atoms with Crippen molar-refractivity contribution < 1.29 is 30.0 Å². The standard InChI is InChI=1S/C28H40O6/c1-15(2)11-18(23-25(32)19(13-29)24(31)20(14-30)26(23)33)21-8-7-16(3)22-12-17(27(4,5)34)9-10-28(21,22)6/h12-18,21,31-34H,7-11H2,1-6H3/t16-,17+,18-,21?,28-/m1/s1. The second-order valence-corrected chi connectivity index (χ2v) is 11.7. The number of rotatable bonds is 7. The van der Waals surface area contributed by atoms with Crippen LogP contribution in [0.3, 0.4) is 0 Å². The molecule has 1 fully saturated rings. The van der Waals surface area contributed by atoms with Gasteiger partial charge in [-0.2, -0.15) is 0 Å². The van der Waals surface area contributed by atoms with Crippen LogP contribution in [0.25, 0.3) is 0 Å². The lowest BCUT2D eigenvalue weighted by atomic mass is 9.51. The highest BCUT2D eigenvalue weighted by atomic mass is 16.3. The van der Waals surface area contributed by atoms with Crippen LogP contribution in [0.5, 0.6) is 17.2 Å². The smallest absolute Gasteiger partial charge is 0.157 e. The Labute approximate surface area is 202 Å². The van der Waals surface area contributed by atoms with Crippen molar-refractivity contribution in [3.63, 3.8) is 0 Å². The molecule has 2 aliphatic rings. The summed E-state index contributed by atoms with van der Waals surface area (Å²) in [6.45, 7) is 12.3. The van der Waals surface area contributed by atoms with E-state index >= 15 is 0 Å². The zero-order valence-electron chi connectivity index (χ0n) is 21.3. The van der Waals surface area contributed by atoms with E-state index in [9.17, 15) is 30.0 Å². The quantitative estimate of drug-likeness (QED) is 0.298. The van der Waals surface area contributed by atoms with E-state index in [1.165, 1.54) is 5.57 Å². The molecule has 6 heteroatoms.